The summed E-state index contributed by atoms with van der Waals surface area (Å²) in [6.45, 7) is 5.11. The average Bonchev–Trinajstić information content (AvgIpc) is 3.07. The SMILES string of the molecule is CCN(CC)C(=O)c1ccc(S(=O)(=O)N2CCC(C(=O)O)C2)cc1. The Kier molecular flexibility index (Phi) is 5.61. The molecule has 1 fully saturated rings. The summed E-state index contributed by atoms with van der Waals surface area (Å²) in [5.41, 5.74) is 0.433. The third kappa shape index (κ3) is 3.59. The van der Waals surface area contributed by atoms with Crippen LogP contribution in [0.2, 0.25) is 0 Å². The topological polar surface area (TPSA) is 95.0 Å². The summed E-state index contributed by atoms with van der Waals surface area (Å²) in [6.07, 6.45) is 0.313. The van der Waals surface area contributed by atoms with E-state index in [1.54, 1.807) is 4.90 Å². The molecule has 0 aromatic heterocycles. The van der Waals surface area contributed by atoms with Crippen molar-refractivity contribution in [2.24, 2.45) is 5.92 Å². The van der Waals surface area contributed by atoms with Gasteiger partial charge in [-0.1, -0.05) is 0 Å². The molecule has 2 rings (SSSR count). The van der Waals surface area contributed by atoms with Crippen LogP contribution in [0.15, 0.2) is 29.2 Å². The van der Waals surface area contributed by atoms with E-state index in [1.807, 2.05) is 13.8 Å². The molecule has 1 heterocycles. The van der Waals surface area contributed by atoms with Gasteiger partial charge in [0.2, 0.25) is 10.0 Å². The van der Waals surface area contributed by atoms with Gasteiger partial charge in [0.25, 0.3) is 5.91 Å². The van der Waals surface area contributed by atoms with Crippen LogP contribution in [-0.2, 0) is 14.8 Å². The summed E-state index contributed by atoms with van der Waals surface area (Å²) in [5.74, 6) is -1.78. The van der Waals surface area contributed by atoms with Crippen LogP contribution in [0.5, 0.6) is 0 Å². The minimum atomic E-state index is -3.73. The van der Waals surface area contributed by atoms with E-state index in [1.165, 1.54) is 28.6 Å². The van der Waals surface area contributed by atoms with Crippen molar-refractivity contribution in [3.63, 3.8) is 0 Å². The van der Waals surface area contributed by atoms with Gasteiger partial charge in [-0.2, -0.15) is 4.31 Å². The summed E-state index contributed by atoms with van der Waals surface area (Å²) in [5, 5.41) is 9.00. The van der Waals surface area contributed by atoms with Crippen molar-refractivity contribution >= 4 is 21.9 Å². The molecule has 1 saturated heterocycles. The van der Waals surface area contributed by atoms with Gasteiger partial charge in [-0.25, -0.2) is 8.42 Å². The fourth-order valence-corrected chi connectivity index (χ4v) is 4.26. The zero-order valence-electron chi connectivity index (χ0n) is 13.8. The largest absolute Gasteiger partial charge is 0.481 e. The number of carboxylic acids is 1. The fourth-order valence-electron chi connectivity index (χ4n) is 2.76. The van der Waals surface area contributed by atoms with Crippen LogP contribution in [0.1, 0.15) is 30.6 Å². The minimum Gasteiger partial charge on any atom is -0.481 e. The lowest BCUT2D eigenvalue weighted by atomic mass is 10.1. The van der Waals surface area contributed by atoms with Crippen LogP contribution >= 0.6 is 0 Å². The summed E-state index contributed by atoms with van der Waals surface area (Å²) in [4.78, 5) is 25.0. The summed E-state index contributed by atoms with van der Waals surface area (Å²) < 4.78 is 26.3. The molecule has 24 heavy (non-hydrogen) atoms. The molecule has 0 aliphatic carbocycles. The van der Waals surface area contributed by atoms with Crippen molar-refractivity contribution in [2.45, 2.75) is 25.2 Å². The van der Waals surface area contributed by atoms with Crippen molar-refractivity contribution < 1.29 is 23.1 Å². The van der Waals surface area contributed by atoms with Crippen LogP contribution < -0.4 is 0 Å². The number of carbonyl (C=O) groups excluding carboxylic acids is 1. The third-order valence-electron chi connectivity index (χ3n) is 4.29. The van der Waals surface area contributed by atoms with E-state index in [0.717, 1.165) is 0 Å². The lowest BCUT2D eigenvalue weighted by Crippen LogP contribution is -2.31. The molecular formula is C16H22N2O5S. The number of sulfonamides is 1. The van der Waals surface area contributed by atoms with Gasteiger partial charge in [0.05, 0.1) is 10.8 Å². The highest BCUT2D eigenvalue weighted by atomic mass is 32.2. The van der Waals surface area contributed by atoms with Crippen LogP contribution in [0.4, 0.5) is 0 Å². The zero-order valence-corrected chi connectivity index (χ0v) is 14.6. The first-order chi connectivity index (χ1) is 11.3. The van der Waals surface area contributed by atoms with Crippen LogP contribution in [0.25, 0.3) is 0 Å². The first-order valence-corrected chi connectivity index (χ1v) is 9.37. The van der Waals surface area contributed by atoms with Crippen LogP contribution in [0, 0.1) is 5.92 Å². The molecule has 1 aliphatic heterocycles. The molecule has 1 aromatic rings. The molecule has 0 saturated carbocycles. The van der Waals surface area contributed by atoms with Crippen molar-refractivity contribution in [2.75, 3.05) is 26.2 Å². The molecule has 1 atom stereocenters. The average molecular weight is 354 g/mol. The highest BCUT2D eigenvalue weighted by molar-refractivity contribution is 7.89. The number of benzene rings is 1. The Hall–Kier alpha value is -1.93. The number of nitrogens with zero attached hydrogens (tertiary/aromatic N) is 2. The van der Waals surface area contributed by atoms with Crippen molar-refractivity contribution in [1.82, 2.24) is 9.21 Å². The predicted octanol–water partition coefficient (Wildman–Crippen LogP) is 1.26. The molecule has 8 heteroatoms. The van der Waals surface area contributed by atoms with Gasteiger partial charge >= 0.3 is 5.97 Å². The van der Waals surface area contributed by atoms with Gasteiger partial charge in [-0.15, -0.1) is 0 Å². The molecule has 7 nitrogen and oxygen atoms in total. The summed E-state index contributed by atoms with van der Waals surface area (Å²) >= 11 is 0. The fraction of sp³-hybridized carbons (Fsp3) is 0.500. The van der Waals surface area contributed by atoms with E-state index >= 15 is 0 Å². The number of hydrogen-bond acceptors (Lipinski definition) is 4. The van der Waals surface area contributed by atoms with Gasteiger partial charge in [0, 0.05) is 31.7 Å². The Bertz CT molecular complexity index is 710. The summed E-state index contributed by atoms with van der Waals surface area (Å²) in [7, 11) is -3.73. The van der Waals surface area contributed by atoms with Crippen molar-refractivity contribution in [3.05, 3.63) is 29.8 Å². The van der Waals surface area contributed by atoms with Gasteiger partial charge in [-0.3, -0.25) is 9.59 Å². The Balaban J connectivity index is 2.18. The lowest BCUT2D eigenvalue weighted by molar-refractivity contribution is -0.141. The van der Waals surface area contributed by atoms with E-state index in [2.05, 4.69) is 0 Å². The number of aliphatic carboxylic acids is 1. The number of rotatable bonds is 6. The minimum absolute atomic E-state index is 0.0161. The van der Waals surface area contributed by atoms with E-state index in [9.17, 15) is 18.0 Å². The highest BCUT2D eigenvalue weighted by Crippen LogP contribution is 2.24. The number of amides is 1. The molecule has 1 amide bonds. The molecule has 1 aliphatic rings. The van der Waals surface area contributed by atoms with E-state index < -0.39 is 21.9 Å². The quantitative estimate of drug-likeness (QED) is 0.830. The standard InChI is InChI=1S/C16H22N2O5S/c1-3-17(4-2)15(19)12-5-7-14(8-6-12)24(22,23)18-10-9-13(11-18)16(20)21/h5-8,13H,3-4,9-11H2,1-2H3,(H,20,21). The third-order valence-corrected chi connectivity index (χ3v) is 6.17. The number of carboxylic acid groups (broad SMARTS) is 1. The Morgan fingerprint density at radius 1 is 1.21 bits per heavy atom. The maximum atomic E-state index is 12.6. The monoisotopic (exact) mass is 354 g/mol. The molecule has 1 aromatic carbocycles. The molecular weight excluding hydrogens is 332 g/mol. The normalized spacial score (nSPS) is 18.5. The van der Waals surface area contributed by atoms with Gasteiger partial charge in [0.1, 0.15) is 0 Å². The second-order valence-corrected chi connectivity index (χ2v) is 7.63. The summed E-state index contributed by atoms with van der Waals surface area (Å²) in [6, 6.07) is 5.80. The van der Waals surface area contributed by atoms with E-state index in [-0.39, 0.29) is 23.9 Å². The predicted molar refractivity (Wildman–Crippen MR) is 88.2 cm³/mol. The van der Waals surface area contributed by atoms with Crippen molar-refractivity contribution in [1.29, 1.82) is 0 Å². The number of carbonyl (C=O) groups is 2. The van der Waals surface area contributed by atoms with Crippen LogP contribution in [-0.4, -0.2) is 60.8 Å². The molecule has 0 radical (unpaired) electrons. The molecule has 132 valence electrons. The van der Waals surface area contributed by atoms with E-state index in [0.29, 0.717) is 25.1 Å². The maximum Gasteiger partial charge on any atom is 0.307 e. The molecule has 0 spiro atoms. The lowest BCUT2D eigenvalue weighted by Gasteiger charge is -2.19. The first-order valence-electron chi connectivity index (χ1n) is 7.93. The van der Waals surface area contributed by atoms with Crippen molar-refractivity contribution in [3.8, 4) is 0 Å². The van der Waals surface area contributed by atoms with Gasteiger partial charge in [0.15, 0.2) is 0 Å². The second kappa shape index (κ2) is 7.31. The number of hydrogen-bond donors (Lipinski definition) is 1. The Labute approximate surface area is 141 Å². The molecule has 1 unspecified atom stereocenters. The van der Waals surface area contributed by atoms with Crippen LogP contribution in [0.3, 0.4) is 0 Å². The molecule has 1 N–H and O–H groups in total. The molecule has 0 bridgehead atoms. The zero-order chi connectivity index (χ0) is 17.9. The Morgan fingerprint density at radius 2 is 1.79 bits per heavy atom. The van der Waals surface area contributed by atoms with Gasteiger partial charge in [-0.05, 0) is 44.5 Å². The van der Waals surface area contributed by atoms with E-state index in [4.69, 9.17) is 5.11 Å². The van der Waals surface area contributed by atoms with Gasteiger partial charge < -0.3 is 10.0 Å². The smallest absolute Gasteiger partial charge is 0.307 e. The second-order valence-electron chi connectivity index (χ2n) is 5.69. The highest BCUT2D eigenvalue weighted by Gasteiger charge is 2.35. The first kappa shape index (κ1) is 18.4. The maximum absolute atomic E-state index is 12.6. The Morgan fingerprint density at radius 3 is 2.25 bits per heavy atom.